The highest BCUT2D eigenvalue weighted by molar-refractivity contribution is 7.10. The Hall–Kier alpha value is -1.95. The Kier molecular flexibility index (Phi) is 5.27. The normalized spacial score (nSPS) is 12.0. The molecule has 2 aromatic heterocycles. The van der Waals surface area contributed by atoms with Crippen molar-refractivity contribution in [1.29, 1.82) is 0 Å². The smallest absolute Gasteiger partial charge is 0.255 e. The molecule has 0 aliphatic carbocycles. The van der Waals surface area contributed by atoms with E-state index in [1.54, 1.807) is 11.3 Å². The topological polar surface area (TPSA) is 54.0 Å². The van der Waals surface area contributed by atoms with Crippen LogP contribution in [0.1, 0.15) is 41.5 Å². The van der Waals surface area contributed by atoms with Crippen molar-refractivity contribution in [2.24, 2.45) is 0 Å². The van der Waals surface area contributed by atoms with Crippen LogP contribution < -0.4 is 10.6 Å². The summed E-state index contributed by atoms with van der Waals surface area (Å²) in [6, 6.07) is 5.06. The lowest BCUT2D eigenvalue weighted by atomic mass is 10.1. The van der Waals surface area contributed by atoms with E-state index in [-0.39, 0.29) is 17.5 Å². The summed E-state index contributed by atoms with van der Waals surface area (Å²) < 4.78 is 13.4. The molecule has 21 heavy (non-hydrogen) atoms. The van der Waals surface area contributed by atoms with Gasteiger partial charge in [0.05, 0.1) is 17.8 Å². The van der Waals surface area contributed by atoms with Crippen molar-refractivity contribution in [1.82, 2.24) is 10.3 Å². The number of pyridine rings is 1. The summed E-state index contributed by atoms with van der Waals surface area (Å²) >= 11 is 1.59. The van der Waals surface area contributed by atoms with Crippen LogP contribution >= 0.6 is 11.3 Å². The first-order valence-corrected chi connectivity index (χ1v) is 7.77. The molecule has 2 N–H and O–H groups in total. The molecular weight excluding hydrogens is 289 g/mol. The van der Waals surface area contributed by atoms with E-state index in [4.69, 9.17) is 0 Å². The summed E-state index contributed by atoms with van der Waals surface area (Å²) in [4.78, 5) is 17.4. The van der Waals surface area contributed by atoms with Gasteiger partial charge in [0, 0.05) is 11.4 Å². The predicted octanol–water partition coefficient (Wildman–Crippen LogP) is 3.60. The fraction of sp³-hybridized carbons (Fsp3) is 0.333. The number of carbonyl (C=O) groups is 1. The van der Waals surface area contributed by atoms with Crippen LogP contribution in [0.15, 0.2) is 29.8 Å². The van der Waals surface area contributed by atoms with Crippen LogP contribution in [0, 0.1) is 5.82 Å². The zero-order chi connectivity index (χ0) is 15.2. The summed E-state index contributed by atoms with van der Waals surface area (Å²) in [5.74, 6) is -0.443. The van der Waals surface area contributed by atoms with Crippen LogP contribution in [0.3, 0.4) is 0 Å². The average molecular weight is 307 g/mol. The molecule has 0 radical (unpaired) electrons. The molecule has 0 bridgehead atoms. The second-order valence-electron chi connectivity index (χ2n) is 4.53. The number of nitrogens with one attached hydrogen (secondary N) is 2. The van der Waals surface area contributed by atoms with Gasteiger partial charge in [-0.05, 0) is 30.9 Å². The molecule has 112 valence electrons. The molecule has 6 heteroatoms. The molecule has 0 aliphatic rings. The monoisotopic (exact) mass is 307 g/mol. The maximum Gasteiger partial charge on any atom is 0.255 e. The first kappa shape index (κ1) is 15.4. The summed E-state index contributed by atoms with van der Waals surface area (Å²) in [7, 11) is 0. The first-order valence-electron chi connectivity index (χ1n) is 6.89. The Balaban J connectivity index is 2.21. The van der Waals surface area contributed by atoms with Gasteiger partial charge in [-0.3, -0.25) is 4.79 Å². The summed E-state index contributed by atoms with van der Waals surface area (Å²) in [5.41, 5.74) is 0.229. The molecule has 0 aliphatic heterocycles. The van der Waals surface area contributed by atoms with E-state index in [2.05, 4.69) is 15.6 Å². The van der Waals surface area contributed by atoms with Crippen molar-refractivity contribution < 1.29 is 9.18 Å². The van der Waals surface area contributed by atoms with Crippen molar-refractivity contribution in [3.8, 4) is 0 Å². The third kappa shape index (κ3) is 3.78. The van der Waals surface area contributed by atoms with Crippen molar-refractivity contribution >= 4 is 23.1 Å². The van der Waals surface area contributed by atoms with Gasteiger partial charge in [-0.25, -0.2) is 9.37 Å². The Morgan fingerprint density at radius 3 is 2.90 bits per heavy atom. The molecule has 0 spiro atoms. The molecule has 2 heterocycles. The minimum absolute atomic E-state index is 0.0738. The standard InChI is InChI=1S/C15H18FN3OS/c1-3-12(13-6-5-7-21-13)19-15(20)11-8-10(16)9-18-14(11)17-4-2/h5-9,12H,3-4H2,1-2H3,(H,17,18)(H,19,20). The van der Waals surface area contributed by atoms with E-state index in [1.807, 2.05) is 31.4 Å². The van der Waals surface area contributed by atoms with Gasteiger partial charge in [0.2, 0.25) is 0 Å². The number of hydrogen-bond donors (Lipinski definition) is 2. The number of anilines is 1. The van der Waals surface area contributed by atoms with Gasteiger partial charge in [-0.15, -0.1) is 11.3 Å². The highest BCUT2D eigenvalue weighted by atomic mass is 32.1. The second kappa shape index (κ2) is 7.17. The lowest BCUT2D eigenvalue weighted by Gasteiger charge is -2.17. The molecule has 0 fully saturated rings. The number of amides is 1. The van der Waals surface area contributed by atoms with Crippen LogP contribution in [0.2, 0.25) is 0 Å². The van der Waals surface area contributed by atoms with Gasteiger partial charge in [0.25, 0.3) is 5.91 Å². The maximum absolute atomic E-state index is 13.4. The number of hydrogen-bond acceptors (Lipinski definition) is 4. The molecule has 4 nitrogen and oxygen atoms in total. The highest BCUT2D eigenvalue weighted by Crippen LogP contribution is 2.23. The maximum atomic E-state index is 13.4. The largest absolute Gasteiger partial charge is 0.370 e. The molecule has 0 aromatic carbocycles. The van der Waals surface area contributed by atoms with Gasteiger partial charge in [0.1, 0.15) is 11.6 Å². The predicted molar refractivity (Wildman–Crippen MR) is 83.2 cm³/mol. The van der Waals surface area contributed by atoms with Gasteiger partial charge in [0.15, 0.2) is 0 Å². The SMILES string of the molecule is CCNc1ncc(F)cc1C(=O)NC(CC)c1cccs1. The van der Waals surface area contributed by atoms with Gasteiger partial charge < -0.3 is 10.6 Å². The van der Waals surface area contributed by atoms with Crippen molar-refractivity contribution in [2.45, 2.75) is 26.3 Å². The van der Waals surface area contributed by atoms with Gasteiger partial charge in [-0.1, -0.05) is 13.0 Å². The number of rotatable bonds is 6. The van der Waals surface area contributed by atoms with Gasteiger partial charge in [-0.2, -0.15) is 0 Å². The van der Waals surface area contributed by atoms with E-state index in [1.165, 1.54) is 6.07 Å². The van der Waals surface area contributed by atoms with E-state index < -0.39 is 5.82 Å². The van der Waals surface area contributed by atoms with E-state index >= 15 is 0 Å². The van der Waals surface area contributed by atoms with E-state index in [0.717, 1.165) is 17.5 Å². The number of halogens is 1. The van der Waals surface area contributed by atoms with Crippen molar-refractivity contribution in [3.05, 3.63) is 46.0 Å². The van der Waals surface area contributed by atoms with Crippen molar-refractivity contribution in [3.63, 3.8) is 0 Å². The summed E-state index contributed by atoms with van der Waals surface area (Å²) in [6.45, 7) is 4.51. The Morgan fingerprint density at radius 2 is 2.29 bits per heavy atom. The molecule has 1 amide bonds. The minimum atomic E-state index is -0.522. The molecule has 2 rings (SSSR count). The Morgan fingerprint density at radius 1 is 1.48 bits per heavy atom. The first-order chi connectivity index (χ1) is 10.2. The number of nitrogens with zero attached hydrogens (tertiary/aromatic N) is 1. The fourth-order valence-corrected chi connectivity index (χ4v) is 2.88. The highest BCUT2D eigenvalue weighted by Gasteiger charge is 2.18. The van der Waals surface area contributed by atoms with Crippen LogP contribution in [0.25, 0.3) is 0 Å². The Labute approximate surface area is 127 Å². The zero-order valence-electron chi connectivity index (χ0n) is 12.0. The lowest BCUT2D eigenvalue weighted by molar-refractivity contribution is 0.0936. The molecular formula is C15H18FN3OS. The number of aromatic nitrogens is 1. The quantitative estimate of drug-likeness (QED) is 0.857. The molecule has 0 saturated carbocycles. The number of thiophene rings is 1. The second-order valence-corrected chi connectivity index (χ2v) is 5.51. The molecule has 1 atom stereocenters. The molecule has 1 unspecified atom stereocenters. The van der Waals surface area contributed by atoms with Gasteiger partial charge >= 0.3 is 0 Å². The third-order valence-corrected chi connectivity index (χ3v) is 4.03. The van der Waals surface area contributed by atoms with Crippen LogP contribution in [0.5, 0.6) is 0 Å². The lowest BCUT2D eigenvalue weighted by Crippen LogP contribution is -2.28. The van der Waals surface area contributed by atoms with Crippen molar-refractivity contribution in [2.75, 3.05) is 11.9 Å². The molecule has 2 aromatic rings. The third-order valence-electron chi connectivity index (χ3n) is 3.04. The molecule has 0 saturated heterocycles. The minimum Gasteiger partial charge on any atom is -0.370 e. The van der Waals surface area contributed by atoms with Crippen LogP contribution in [0.4, 0.5) is 10.2 Å². The fourth-order valence-electron chi connectivity index (χ4n) is 2.02. The Bertz CT molecular complexity index is 601. The number of carbonyl (C=O) groups excluding carboxylic acids is 1. The summed E-state index contributed by atoms with van der Waals surface area (Å²) in [5, 5.41) is 7.88. The van der Waals surface area contributed by atoms with Crippen LogP contribution in [-0.2, 0) is 0 Å². The van der Waals surface area contributed by atoms with Crippen LogP contribution in [-0.4, -0.2) is 17.4 Å². The van der Waals surface area contributed by atoms with E-state index in [9.17, 15) is 9.18 Å². The summed E-state index contributed by atoms with van der Waals surface area (Å²) in [6.07, 6.45) is 1.87. The average Bonchev–Trinajstić information content (AvgIpc) is 3.00. The zero-order valence-corrected chi connectivity index (χ0v) is 12.8. The van der Waals surface area contributed by atoms with E-state index in [0.29, 0.717) is 12.4 Å².